The first-order valence-electron chi connectivity index (χ1n) is 22.6. The average Bonchev–Trinajstić information content (AvgIpc) is 3.91. The second kappa shape index (κ2) is 15.7. The number of aromatic nitrogens is 1. The van der Waals surface area contributed by atoms with E-state index in [-0.39, 0.29) is 6.04 Å². The number of rotatable bonds is 7. The number of hydrogen-bond donors (Lipinski definition) is 1. The van der Waals surface area contributed by atoms with Gasteiger partial charge >= 0.3 is 0 Å². The molecule has 0 fully saturated rings. The molecule has 8 aromatic rings. The van der Waals surface area contributed by atoms with E-state index in [4.69, 9.17) is 10.7 Å². The van der Waals surface area contributed by atoms with E-state index in [1.54, 1.807) is 0 Å². The van der Waals surface area contributed by atoms with Crippen molar-refractivity contribution in [2.45, 2.75) is 24.5 Å². The van der Waals surface area contributed by atoms with Crippen molar-refractivity contribution < 1.29 is 0 Å². The smallest absolute Gasteiger partial charge is 0.137 e. The average molecular weight is 838 g/mol. The Kier molecular flexibility index (Phi) is 9.32. The number of allylic oxidation sites excluding steroid dienone is 6. The van der Waals surface area contributed by atoms with E-state index in [1.807, 2.05) is 0 Å². The van der Waals surface area contributed by atoms with E-state index < -0.39 is 5.66 Å². The van der Waals surface area contributed by atoms with Crippen LogP contribution in [0.3, 0.4) is 0 Å². The van der Waals surface area contributed by atoms with Crippen LogP contribution in [0.15, 0.2) is 235 Å². The van der Waals surface area contributed by atoms with Gasteiger partial charge in [-0.3, -0.25) is 0 Å². The minimum Gasteiger partial charge on any atom is -0.349 e. The van der Waals surface area contributed by atoms with Gasteiger partial charge in [0.2, 0.25) is 0 Å². The van der Waals surface area contributed by atoms with E-state index >= 15 is 0 Å². The third-order valence-corrected chi connectivity index (χ3v) is 13.5. The Bertz CT molecular complexity index is 3330. The van der Waals surface area contributed by atoms with Crippen LogP contribution in [0.4, 0.5) is 11.4 Å². The summed E-state index contributed by atoms with van der Waals surface area (Å²) >= 11 is 0. The van der Waals surface area contributed by atoms with Gasteiger partial charge in [-0.25, -0.2) is 4.99 Å². The fourth-order valence-corrected chi connectivity index (χ4v) is 10.4. The normalized spacial score (nSPS) is 18.7. The molecule has 3 heterocycles. The zero-order valence-corrected chi connectivity index (χ0v) is 36.2. The molecule has 5 nitrogen and oxygen atoms in total. The molecule has 2 aliphatic carbocycles. The molecule has 0 amide bonds. The van der Waals surface area contributed by atoms with Gasteiger partial charge in [0.15, 0.2) is 0 Å². The standard InChI is InChI=1S/C60H47N5/c1-63-56(44-23-9-4-10-24-44)39-52(43-21-7-3-8-22-43)62-59(63)48-26-12-11-25-47(48)42-33-35-46(36-34-42)64-53-30-16-13-27-49(53)57-50-28-14-18-32-55(50)65(58(57)51-29-15-17-31-54(51)64)60(61)38-37-45(40-60)41-19-5-2-6-20-41/h2-15,17-29,31-40,56H,16,30,61H2,1H3/t56?,60-/m0/s1. The summed E-state index contributed by atoms with van der Waals surface area (Å²) in [6, 6.07) is 67.3. The van der Waals surface area contributed by atoms with Crippen LogP contribution in [0, 0.1) is 0 Å². The molecule has 1 aromatic heterocycles. The lowest BCUT2D eigenvalue weighted by molar-refractivity contribution is 0.435. The predicted molar refractivity (Wildman–Crippen MR) is 270 cm³/mol. The van der Waals surface area contributed by atoms with E-state index in [0.717, 1.165) is 85.9 Å². The molecule has 1 unspecified atom stereocenters. The molecule has 312 valence electrons. The van der Waals surface area contributed by atoms with Crippen LogP contribution in [-0.4, -0.2) is 22.4 Å². The van der Waals surface area contributed by atoms with Gasteiger partial charge < -0.3 is 20.1 Å². The highest BCUT2D eigenvalue weighted by molar-refractivity contribution is 6.10. The van der Waals surface area contributed by atoms with Gasteiger partial charge in [-0.1, -0.05) is 182 Å². The second-order valence-corrected chi connectivity index (χ2v) is 17.3. The number of likely N-dealkylation sites (N-methyl/N-ethyl adjacent to an activating group) is 1. The third-order valence-electron chi connectivity index (χ3n) is 13.5. The Morgan fingerprint density at radius 1 is 0.615 bits per heavy atom. The highest BCUT2D eigenvalue weighted by Gasteiger charge is 2.38. The quantitative estimate of drug-likeness (QED) is 0.174. The maximum Gasteiger partial charge on any atom is 0.137 e. The number of benzene rings is 7. The van der Waals surface area contributed by atoms with Crippen molar-refractivity contribution in [1.29, 1.82) is 0 Å². The predicted octanol–water partition coefficient (Wildman–Crippen LogP) is 13.9. The Hall–Kier alpha value is -7.99. The Morgan fingerprint density at radius 2 is 1.26 bits per heavy atom. The second-order valence-electron chi connectivity index (χ2n) is 17.3. The zero-order chi connectivity index (χ0) is 43.5. The van der Waals surface area contributed by atoms with Crippen molar-refractivity contribution in [3.63, 3.8) is 0 Å². The van der Waals surface area contributed by atoms with Gasteiger partial charge in [-0.15, -0.1) is 0 Å². The number of hydrogen-bond acceptors (Lipinski definition) is 4. The lowest BCUT2D eigenvalue weighted by Gasteiger charge is -2.34. The molecule has 7 aromatic carbocycles. The van der Waals surface area contributed by atoms with Crippen LogP contribution < -0.4 is 10.6 Å². The summed E-state index contributed by atoms with van der Waals surface area (Å²) in [6.07, 6.45) is 15.4. The lowest BCUT2D eigenvalue weighted by Crippen LogP contribution is -2.38. The number of anilines is 2. The summed E-state index contributed by atoms with van der Waals surface area (Å²) in [4.78, 5) is 10.2. The van der Waals surface area contributed by atoms with Crippen molar-refractivity contribution in [3.8, 4) is 22.4 Å². The Balaban J connectivity index is 0.986. The summed E-state index contributed by atoms with van der Waals surface area (Å²) in [7, 11) is 2.16. The molecule has 2 N–H and O–H groups in total. The Labute approximate surface area is 380 Å². The van der Waals surface area contributed by atoms with Crippen molar-refractivity contribution in [2.24, 2.45) is 10.7 Å². The number of para-hydroxylation sites is 2. The maximum absolute atomic E-state index is 7.62. The minimum atomic E-state index is -0.899. The summed E-state index contributed by atoms with van der Waals surface area (Å²) in [5.74, 6) is 0.941. The van der Waals surface area contributed by atoms with Crippen molar-refractivity contribution >= 4 is 45.0 Å². The molecule has 0 radical (unpaired) electrons. The highest BCUT2D eigenvalue weighted by atomic mass is 15.2. The molecule has 0 spiro atoms. The lowest BCUT2D eigenvalue weighted by atomic mass is 9.93. The summed E-state index contributed by atoms with van der Waals surface area (Å²) in [6.45, 7) is 0. The molecule has 12 rings (SSSR count). The number of nitrogens with two attached hydrogens (primary N) is 1. The van der Waals surface area contributed by atoms with Gasteiger partial charge in [0, 0.05) is 46.1 Å². The van der Waals surface area contributed by atoms with E-state index in [1.165, 1.54) is 27.8 Å². The van der Waals surface area contributed by atoms with Crippen LogP contribution in [0.1, 0.15) is 46.7 Å². The fraction of sp³-hybridized carbons (Fsp3) is 0.0833. The molecule has 65 heavy (non-hydrogen) atoms. The molecular formula is C60H47N5. The topological polar surface area (TPSA) is 49.8 Å². The van der Waals surface area contributed by atoms with E-state index in [2.05, 4.69) is 246 Å². The van der Waals surface area contributed by atoms with Crippen molar-refractivity contribution in [3.05, 3.63) is 258 Å². The first-order chi connectivity index (χ1) is 32.0. The van der Waals surface area contributed by atoms with Crippen molar-refractivity contribution in [1.82, 2.24) is 9.47 Å². The van der Waals surface area contributed by atoms with Gasteiger partial charge in [-0.2, -0.15) is 0 Å². The van der Waals surface area contributed by atoms with E-state index in [9.17, 15) is 0 Å². The molecule has 2 aliphatic heterocycles. The van der Waals surface area contributed by atoms with Gasteiger partial charge in [0.05, 0.1) is 28.6 Å². The molecule has 5 heteroatoms. The first kappa shape index (κ1) is 38.7. The fourth-order valence-electron chi connectivity index (χ4n) is 10.4. The number of aliphatic imine (C=N–C) groups is 1. The van der Waals surface area contributed by atoms with Crippen LogP contribution in [0.25, 0.3) is 50.1 Å². The molecule has 0 saturated carbocycles. The van der Waals surface area contributed by atoms with Gasteiger partial charge in [0.1, 0.15) is 11.5 Å². The summed E-state index contributed by atoms with van der Waals surface area (Å²) < 4.78 is 2.38. The molecule has 2 atom stereocenters. The van der Waals surface area contributed by atoms with Crippen LogP contribution in [0.5, 0.6) is 0 Å². The number of nitrogens with zero attached hydrogens (tertiary/aromatic N) is 4. The summed E-state index contributed by atoms with van der Waals surface area (Å²) in [5, 5.41) is 1.19. The largest absolute Gasteiger partial charge is 0.349 e. The molecule has 0 bridgehead atoms. The molecule has 0 saturated heterocycles. The van der Waals surface area contributed by atoms with E-state index in [0.29, 0.717) is 0 Å². The Morgan fingerprint density at radius 3 is 2.03 bits per heavy atom. The number of amidine groups is 1. The van der Waals surface area contributed by atoms with Gasteiger partial charge in [0.25, 0.3) is 0 Å². The SMILES string of the molecule is CN1C(c2ccccc2-c2ccc(N3C4=C(C=CCC4)c4c(n([C@@]5(N)C=CC(c6ccccc6)=C5)c5ccccc45)-c4ccccc43)cc2)=NC(c2ccccc2)=CC1c1ccccc1. The van der Waals surface area contributed by atoms with Crippen LogP contribution >= 0.6 is 0 Å². The monoisotopic (exact) mass is 837 g/mol. The van der Waals surface area contributed by atoms with Gasteiger partial charge in [-0.05, 0) is 88.7 Å². The van der Waals surface area contributed by atoms with Crippen LogP contribution in [-0.2, 0) is 5.66 Å². The van der Waals surface area contributed by atoms with Crippen molar-refractivity contribution in [2.75, 3.05) is 11.9 Å². The summed E-state index contributed by atoms with van der Waals surface area (Å²) in [5.41, 5.74) is 25.0. The highest BCUT2D eigenvalue weighted by Crippen LogP contribution is 2.53. The third kappa shape index (κ3) is 6.46. The number of fused-ring (bicyclic) bond motifs is 6. The zero-order valence-electron chi connectivity index (χ0n) is 36.2. The molecule has 4 aliphatic rings. The minimum absolute atomic E-state index is 0.0170. The molecular weight excluding hydrogens is 791 g/mol. The van der Waals surface area contributed by atoms with Crippen LogP contribution in [0.2, 0.25) is 0 Å². The first-order valence-corrected chi connectivity index (χ1v) is 22.6. The maximum atomic E-state index is 7.62.